The quantitative estimate of drug-likeness (QED) is 0.357. The predicted molar refractivity (Wildman–Crippen MR) is 155 cm³/mol. The Morgan fingerprint density at radius 3 is 2.70 bits per heavy atom. The van der Waals surface area contributed by atoms with Gasteiger partial charge in [-0.3, -0.25) is 14.7 Å². The summed E-state index contributed by atoms with van der Waals surface area (Å²) in [6.07, 6.45) is 6.87. The molecule has 5 rings (SSSR count). The molecule has 40 heavy (non-hydrogen) atoms. The van der Waals surface area contributed by atoms with Crippen molar-refractivity contribution in [2.45, 2.75) is 32.3 Å². The van der Waals surface area contributed by atoms with Crippen LogP contribution in [0.15, 0.2) is 61.6 Å². The zero-order chi connectivity index (χ0) is 28.8. The maximum Gasteiger partial charge on any atom is 0.246 e. The van der Waals surface area contributed by atoms with E-state index in [-0.39, 0.29) is 33.9 Å². The molecule has 0 saturated carbocycles. The number of ether oxygens (including phenoxy) is 1. The van der Waals surface area contributed by atoms with Crippen molar-refractivity contribution in [3.8, 4) is 17.0 Å². The molecule has 0 unspecified atom stereocenters. The van der Waals surface area contributed by atoms with E-state index in [0.29, 0.717) is 31.1 Å². The fraction of sp³-hybridized carbons (Fsp3) is 0.300. The smallest absolute Gasteiger partial charge is 0.246 e. The van der Waals surface area contributed by atoms with Gasteiger partial charge >= 0.3 is 0 Å². The van der Waals surface area contributed by atoms with Crippen molar-refractivity contribution in [3.63, 3.8) is 0 Å². The second-order valence-corrected chi connectivity index (χ2v) is 10.8. The van der Waals surface area contributed by atoms with Crippen LogP contribution in [0.4, 0.5) is 21.6 Å². The van der Waals surface area contributed by atoms with E-state index in [9.17, 15) is 14.3 Å². The third-order valence-corrected chi connectivity index (χ3v) is 7.66. The number of phenolic OH excluding ortho intramolecular Hbond substituents is 1. The molecule has 2 aliphatic heterocycles. The van der Waals surface area contributed by atoms with Crippen molar-refractivity contribution in [3.05, 3.63) is 83.7 Å². The minimum Gasteiger partial charge on any atom is -0.507 e. The maximum atomic E-state index is 15.0. The Morgan fingerprint density at radius 1 is 1.30 bits per heavy atom. The van der Waals surface area contributed by atoms with Gasteiger partial charge in [0, 0.05) is 25.7 Å². The number of halogens is 2. The summed E-state index contributed by atoms with van der Waals surface area (Å²) in [6.45, 7) is 10.9. The van der Waals surface area contributed by atoms with E-state index in [1.54, 1.807) is 24.3 Å². The number of aromatic nitrogens is 2. The summed E-state index contributed by atoms with van der Waals surface area (Å²) < 4.78 is 20.9. The van der Waals surface area contributed by atoms with Gasteiger partial charge in [0.1, 0.15) is 17.2 Å². The Balaban J connectivity index is 1.65. The van der Waals surface area contributed by atoms with Crippen LogP contribution in [0.2, 0.25) is 5.02 Å². The number of rotatable bonds is 7. The molecule has 2 aromatic heterocycles. The molecular weight excluding hydrogens is 533 g/mol. The minimum absolute atomic E-state index is 0.0747. The van der Waals surface area contributed by atoms with Crippen LogP contribution in [0.1, 0.15) is 31.0 Å². The van der Waals surface area contributed by atoms with E-state index < -0.39 is 11.4 Å². The van der Waals surface area contributed by atoms with Crippen LogP contribution < -0.4 is 9.80 Å². The normalized spacial score (nSPS) is 15.7. The number of benzene rings is 1. The number of fused-ring (bicyclic) bond motifs is 1. The highest BCUT2D eigenvalue weighted by molar-refractivity contribution is 6.33. The number of carbonyl (C=O) groups excluding carboxylic acids is 1. The summed E-state index contributed by atoms with van der Waals surface area (Å²) in [5.41, 5.74) is 2.81. The van der Waals surface area contributed by atoms with Gasteiger partial charge in [-0.15, -0.1) is 0 Å². The molecular formula is C30H31ClFN5O3. The fourth-order valence-electron chi connectivity index (χ4n) is 5.24. The van der Waals surface area contributed by atoms with Gasteiger partial charge in [-0.05, 0) is 48.7 Å². The van der Waals surface area contributed by atoms with Crippen molar-refractivity contribution >= 4 is 34.7 Å². The summed E-state index contributed by atoms with van der Waals surface area (Å²) in [6, 6.07) is 7.73. The molecule has 1 saturated heterocycles. The van der Waals surface area contributed by atoms with Crippen LogP contribution in [0.25, 0.3) is 11.3 Å². The second kappa shape index (κ2) is 10.6. The number of anilines is 3. The lowest BCUT2D eigenvalue weighted by Crippen LogP contribution is -2.68. The molecule has 10 heteroatoms. The lowest BCUT2D eigenvalue weighted by Gasteiger charge is -2.51. The summed E-state index contributed by atoms with van der Waals surface area (Å²) in [7, 11) is 1.62. The summed E-state index contributed by atoms with van der Waals surface area (Å²) >= 11 is 6.73. The zero-order valence-electron chi connectivity index (χ0n) is 22.9. The third-order valence-electron chi connectivity index (χ3n) is 7.38. The molecule has 0 atom stereocenters. The van der Waals surface area contributed by atoms with Crippen molar-refractivity contribution in [1.29, 1.82) is 0 Å². The Bertz CT molecular complexity index is 1500. The average Bonchev–Trinajstić information content (AvgIpc) is 2.90. The lowest BCUT2D eigenvalue weighted by atomic mass is 9.92. The molecule has 0 bridgehead atoms. The highest BCUT2D eigenvalue weighted by Crippen LogP contribution is 2.46. The molecule has 0 radical (unpaired) electrons. The van der Waals surface area contributed by atoms with E-state index in [4.69, 9.17) is 21.3 Å². The van der Waals surface area contributed by atoms with E-state index in [1.807, 2.05) is 35.2 Å². The van der Waals surface area contributed by atoms with Crippen molar-refractivity contribution < 1.29 is 19.0 Å². The Kier molecular flexibility index (Phi) is 7.29. The number of nitrogens with zero attached hydrogens (tertiary/aromatic N) is 5. The third kappa shape index (κ3) is 4.69. The van der Waals surface area contributed by atoms with Crippen molar-refractivity contribution in [2.75, 3.05) is 36.5 Å². The van der Waals surface area contributed by atoms with Gasteiger partial charge < -0.3 is 19.6 Å². The summed E-state index contributed by atoms with van der Waals surface area (Å²) in [5, 5.41) is 10.7. The molecule has 0 aliphatic carbocycles. The number of aryl methyl sites for hydroxylation is 1. The first-order valence-corrected chi connectivity index (χ1v) is 13.3. The van der Waals surface area contributed by atoms with E-state index in [2.05, 4.69) is 25.4 Å². The molecule has 1 aromatic carbocycles. The number of aromatic hydroxyl groups is 1. The number of phenols is 1. The monoisotopic (exact) mass is 563 g/mol. The first kappa shape index (κ1) is 27.6. The zero-order valence-corrected chi connectivity index (χ0v) is 23.6. The van der Waals surface area contributed by atoms with Crippen LogP contribution in [0, 0.1) is 12.7 Å². The standard InChI is InChI=1S/C30H31ClFN5O3/c1-6-24(39)36-16-30(17-36,40-5)15-35-12-13-37(28-19(4)10-11-33-26(28)18(2)3)29-22(35)14-20(31)27(34-29)25-21(32)8-7-9-23(25)38/h6-14,18,38H,1,15-17H2,2-5H3. The van der Waals surface area contributed by atoms with Crippen LogP contribution in [0.3, 0.4) is 0 Å². The molecule has 208 valence electrons. The van der Waals surface area contributed by atoms with Crippen molar-refractivity contribution in [1.82, 2.24) is 14.9 Å². The van der Waals surface area contributed by atoms with Gasteiger partial charge in [-0.25, -0.2) is 9.37 Å². The number of hydrogen-bond acceptors (Lipinski definition) is 7. The van der Waals surface area contributed by atoms with Gasteiger partial charge in [0.05, 0.1) is 53.0 Å². The molecule has 0 spiro atoms. The van der Waals surface area contributed by atoms with Crippen molar-refractivity contribution in [2.24, 2.45) is 0 Å². The van der Waals surface area contributed by atoms with E-state index in [0.717, 1.165) is 16.9 Å². The number of pyridine rings is 2. The van der Waals surface area contributed by atoms with Gasteiger partial charge in [0.2, 0.25) is 5.91 Å². The van der Waals surface area contributed by atoms with Crippen LogP contribution >= 0.6 is 11.6 Å². The highest BCUT2D eigenvalue weighted by Gasteiger charge is 2.47. The lowest BCUT2D eigenvalue weighted by molar-refractivity contribution is -0.154. The number of amides is 1. The van der Waals surface area contributed by atoms with Crippen LogP contribution in [-0.2, 0) is 9.53 Å². The Morgan fingerprint density at radius 2 is 2.05 bits per heavy atom. The summed E-state index contributed by atoms with van der Waals surface area (Å²) in [4.78, 5) is 27.2. The van der Waals surface area contributed by atoms with Crippen LogP contribution in [-0.4, -0.2) is 58.2 Å². The fourth-order valence-corrected chi connectivity index (χ4v) is 5.48. The molecule has 1 amide bonds. The summed E-state index contributed by atoms with van der Waals surface area (Å²) in [5.74, 6) is -0.436. The predicted octanol–water partition coefficient (Wildman–Crippen LogP) is 5.92. The molecule has 1 fully saturated rings. The number of methoxy groups -OCH3 is 1. The molecule has 3 aromatic rings. The van der Waals surface area contributed by atoms with Crippen LogP contribution in [0.5, 0.6) is 5.75 Å². The second-order valence-electron chi connectivity index (χ2n) is 10.4. The topological polar surface area (TPSA) is 82.0 Å². The maximum absolute atomic E-state index is 15.0. The highest BCUT2D eigenvalue weighted by atomic mass is 35.5. The van der Waals surface area contributed by atoms with Gasteiger partial charge in [-0.2, -0.15) is 0 Å². The number of likely N-dealkylation sites (tertiary alicyclic amines) is 1. The van der Waals surface area contributed by atoms with E-state index in [1.165, 1.54) is 24.3 Å². The number of carbonyl (C=O) groups is 1. The largest absolute Gasteiger partial charge is 0.507 e. The van der Waals surface area contributed by atoms with Gasteiger partial charge in [0.15, 0.2) is 5.82 Å². The first-order chi connectivity index (χ1) is 19.1. The molecule has 8 nitrogen and oxygen atoms in total. The molecule has 4 heterocycles. The molecule has 2 aliphatic rings. The minimum atomic E-state index is -0.635. The van der Waals surface area contributed by atoms with Gasteiger partial charge in [-0.1, -0.05) is 38.1 Å². The SMILES string of the molecule is C=CC(=O)N1CC(CN2C=CN(c3c(C)ccnc3C(C)C)c3nc(-c4c(O)cccc4F)c(Cl)cc32)(OC)C1. The number of hydrogen-bond donors (Lipinski definition) is 1. The van der Waals surface area contributed by atoms with E-state index >= 15 is 0 Å². The Labute approximate surface area is 238 Å². The average molecular weight is 564 g/mol. The Hall–Kier alpha value is -3.95. The first-order valence-electron chi connectivity index (χ1n) is 12.9. The van der Waals surface area contributed by atoms with Gasteiger partial charge in [0.25, 0.3) is 0 Å². The molecule has 1 N–H and O–H groups in total.